The summed E-state index contributed by atoms with van der Waals surface area (Å²) in [7, 11) is 0. The third-order valence-electron chi connectivity index (χ3n) is 3.61. The van der Waals surface area contributed by atoms with Gasteiger partial charge in [0.05, 0.1) is 17.9 Å². The van der Waals surface area contributed by atoms with Crippen molar-refractivity contribution in [3.05, 3.63) is 57.3 Å². The molecule has 1 aromatic heterocycles. The summed E-state index contributed by atoms with van der Waals surface area (Å²) in [6, 6.07) is 6.18. The van der Waals surface area contributed by atoms with Crippen molar-refractivity contribution in [3.63, 3.8) is 0 Å². The minimum atomic E-state index is -0.293. The Morgan fingerprint density at radius 3 is 3.10 bits per heavy atom. The number of fused-ring (bicyclic) bond motifs is 1. The number of rotatable bonds is 2. The number of hydrogen-bond acceptors (Lipinski definition) is 3. The fourth-order valence-electron chi connectivity index (χ4n) is 2.43. The van der Waals surface area contributed by atoms with Gasteiger partial charge in [0.15, 0.2) is 0 Å². The van der Waals surface area contributed by atoms with Crippen LogP contribution in [-0.4, -0.2) is 16.3 Å². The molecule has 3 rings (SSSR count). The number of aryl methyl sites for hydroxylation is 2. The van der Waals surface area contributed by atoms with Crippen molar-refractivity contribution in [3.8, 4) is 0 Å². The number of halogens is 1. The summed E-state index contributed by atoms with van der Waals surface area (Å²) < 4.78 is 14.7. The number of nitrogens with one attached hydrogen (secondary N) is 1. The van der Waals surface area contributed by atoms with E-state index >= 15 is 0 Å². The van der Waals surface area contributed by atoms with Crippen LogP contribution in [0.25, 0.3) is 0 Å². The largest absolute Gasteiger partial charge is 0.383 e. The smallest absolute Gasteiger partial charge is 0.269 e. The van der Waals surface area contributed by atoms with E-state index in [2.05, 4.69) is 10.4 Å². The molecule has 0 fully saturated rings. The third kappa shape index (κ3) is 2.43. The molecule has 2 heterocycles. The first-order valence-corrected chi connectivity index (χ1v) is 6.73. The predicted octanol–water partition coefficient (Wildman–Crippen LogP) is 2.10. The fraction of sp³-hybridized carbons (Fsp3) is 0.333. The van der Waals surface area contributed by atoms with Crippen LogP contribution in [0.4, 0.5) is 10.1 Å². The SMILES string of the molecule is Cc1ccc(F)cc1Cn1nc2c(cc1=O)NCCC2. The maximum absolute atomic E-state index is 13.3. The second-order valence-electron chi connectivity index (χ2n) is 5.10. The molecule has 0 saturated heterocycles. The van der Waals surface area contributed by atoms with Crippen LogP contribution in [0.3, 0.4) is 0 Å². The van der Waals surface area contributed by atoms with E-state index in [0.29, 0.717) is 6.54 Å². The average molecular weight is 273 g/mol. The van der Waals surface area contributed by atoms with Crippen molar-refractivity contribution in [2.45, 2.75) is 26.3 Å². The molecule has 0 aliphatic carbocycles. The molecule has 0 bridgehead atoms. The maximum Gasteiger partial charge on any atom is 0.269 e. The maximum atomic E-state index is 13.3. The summed E-state index contributed by atoms with van der Waals surface area (Å²) in [6.07, 6.45) is 1.88. The minimum absolute atomic E-state index is 0.165. The second-order valence-corrected chi connectivity index (χ2v) is 5.10. The number of nitrogens with zero attached hydrogens (tertiary/aromatic N) is 2. The summed E-state index contributed by atoms with van der Waals surface area (Å²) >= 11 is 0. The van der Waals surface area contributed by atoms with E-state index in [1.54, 1.807) is 12.1 Å². The van der Waals surface area contributed by atoms with Crippen LogP contribution >= 0.6 is 0 Å². The lowest BCUT2D eigenvalue weighted by molar-refractivity contribution is 0.594. The Bertz CT molecular complexity index is 709. The molecule has 0 unspecified atom stereocenters. The van der Waals surface area contributed by atoms with E-state index < -0.39 is 0 Å². The van der Waals surface area contributed by atoms with E-state index in [1.165, 1.54) is 16.8 Å². The van der Waals surface area contributed by atoms with Crippen LogP contribution in [0.5, 0.6) is 0 Å². The van der Waals surface area contributed by atoms with Crippen molar-refractivity contribution in [1.82, 2.24) is 9.78 Å². The molecule has 5 heteroatoms. The average Bonchev–Trinajstić information content (AvgIpc) is 2.43. The zero-order valence-corrected chi connectivity index (χ0v) is 11.3. The summed E-state index contributed by atoms with van der Waals surface area (Å²) in [5.41, 5.74) is 3.31. The number of benzene rings is 1. The summed E-state index contributed by atoms with van der Waals surface area (Å²) in [5, 5.41) is 7.58. The molecule has 0 saturated carbocycles. The highest BCUT2D eigenvalue weighted by atomic mass is 19.1. The molecular weight excluding hydrogens is 257 g/mol. The number of hydrogen-bond donors (Lipinski definition) is 1. The molecule has 1 N–H and O–H groups in total. The Hall–Kier alpha value is -2.17. The molecule has 0 amide bonds. The van der Waals surface area contributed by atoms with Crippen LogP contribution in [-0.2, 0) is 13.0 Å². The fourth-order valence-corrected chi connectivity index (χ4v) is 2.43. The minimum Gasteiger partial charge on any atom is -0.383 e. The van der Waals surface area contributed by atoms with Crippen molar-refractivity contribution in [1.29, 1.82) is 0 Å². The lowest BCUT2D eigenvalue weighted by Crippen LogP contribution is -2.27. The molecule has 2 aromatic rings. The highest BCUT2D eigenvalue weighted by Crippen LogP contribution is 2.17. The van der Waals surface area contributed by atoms with Crippen LogP contribution in [0.2, 0.25) is 0 Å². The van der Waals surface area contributed by atoms with Gasteiger partial charge in [-0.25, -0.2) is 9.07 Å². The van der Waals surface area contributed by atoms with Crippen LogP contribution in [0.1, 0.15) is 23.2 Å². The molecule has 0 spiro atoms. The van der Waals surface area contributed by atoms with Gasteiger partial charge in [-0.15, -0.1) is 0 Å². The number of aromatic nitrogens is 2. The van der Waals surface area contributed by atoms with E-state index in [9.17, 15) is 9.18 Å². The lowest BCUT2D eigenvalue weighted by Gasteiger charge is -2.18. The Morgan fingerprint density at radius 1 is 1.40 bits per heavy atom. The van der Waals surface area contributed by atoms with Crippen molar-refractivity contribution < 1.29 is 4.39 Å². The first kappa shape index (κ1) is 12.8. The highest BCUT2D eigenvalue weighted by molar-refractivity contribution is 5.48. The van der Waals surface area contributed by atoms with Crippen molar-refractivity contribution in [2.75, 3.05) is 11.9 Å². The molecule has 0 atom stereocenters. The van der Waals surface area contributed by atoms with Gasteiger partial charge in [0.1, 0.15) is 5.82 Å². The molecule has 4 nitrogen and oxygen atoms in total. The molecule has 1 aliphatic rings. The highest BCUT2D eigenvalue weighted by Gasteiger charge is 2.13. The Kier molecular flexibility index (Phi) is 3.26. The van der Waals surface area contributed by atoms with Gasteiger partial charge < -0.3 is 5.32 Å². The van der Waals surface area contributed by atoms with E-state index in [1.807, 2.05) is 6.92 Å². The first-order valence-electron chi connectivity index (χ1n) is 6.73. The molecule has 0 radical (unpaired) electrons. The van der Waals surface area contributed by atoms with Gasteiger partial charge in [-0.1, -0.05) is 6.07 Å². The molecule has 1 aromatic carbocycles. The van der Waals surface area contributed by atoms with Crippen LogP contribution < -0.4 is 10.9 Å². The van der Waals surface area contributed by atoms with Crippen molar-refractivity contribution in [2.24, 2.45) is 0 Å². The van der Waals surface area contributed by atoms with Gasteiger partial charge in [0.25, 0.3) is 5.56 Å². The Balaban J connectivity index is 1.98. The quantitative estimate of drug-likeness (QED) is 0.911. The normalized spacial score (nSPS) is 13.7. The van der Waals surface area contributed by atoms with Gasteiger partial charge >= 0.3 is 0 Å². The zero-order valence-electron chi connectivity index (χ0n) is 11.3. The monoisotopic (exact) mass is 273 g/mol. The van der Waals surface area contributed by atoms with Gasteiger partial charge in [0, 0.05) is 12.6 Å². The second kappa shape index (κ2) is 5.07. The summed E-state index contributed by atoms with van der Waals surface area (Å²) in [5.74, 6) is -0.293. The summed E-state index contributed by atoms with van der Waals surface area (Å²) in [4.78, 5) is 12.1. The van der Waals surface area contributed by atoms with Gasteiger partial charge in [0.2, 0.25) is 0 Å². The third-order valence-corrected chi connectivity index (χ3v) is 3.61. The Morgan fingerprint density at radius 2 is 2.25 bits per heavy atom. The standard InChI is InChI=1S/C15H16FN3O/c1-10-4-5-12(16)7-11(10)9-19-15(20)8-14-13(18-19)3-2-6-17-14/h4-5,7-8,17H,2-3,6,9H2,1H3. The summed E-state index contributed by atoms with van der Waals surface area (Å²) in [6.45, 7) is 3.08. The molecule has 104 valence electrons. The Labute approximate surface area is 116 Å². The van der Waals surface area contributed by atoms with Gasteiger partial charge in [-0.05, 0) is 43.0 Å². The molecule has 1 aliphatic heterocycles. The topological polar surface area (TPSA) is 46.9 Å². The van der Waals surface area contributed by atoms with Gasteiger partial charge in [-0.2, -0.15) is 5.10 Å². The predicted molar refractivity (Wildman–Crippen MR) is 75.5 cm³/mol. The van der Waals surface area contributed by atoms with Gasteiger partial charge in [-0.3, -0.25) is 4.79 Å². The molecular formula is C15H16FN3O. The first-order chi connectivity index (χ1) is 9.63. The van der Waals surface area contributed by atoms with E-state index in [0.717, 1.165) is 41.9 Å². The van der Waals surface area contributed by atoms with E-state index in [-0.39, 0.29) is 11.4 Å². The van der Waals surface area contributed by atoms with Crippen LogP contribution in [0.15, 0.2) is 29.1 Å². The lowest BCUT2D eigenvalue weighted by atomic mass is 10.1. The number of anilines is 1. The van der Waals surface area contributed by atoms with Crippen molar-refractivity contribution >= 4 is 5.69 Å². The zero-order chi connectivity index (χ0) is 14.1. The van der Waals surface area contributed by atoms with E-state index in [4.69, 9.17) is 0 Å². The van der Waals surface area contributed by atoms with Crippen LogP contribution in [0, 0.1) is 12.7 Å². The molecule has 20 heavy (non-hydrogen) atoms.